The van der Waals surface area contributed by atoms with Crippen molar-refractivity contribution in [2.24, 2.45) is 5.73 Å². The summed E-state index contributed by atoms with van der Waals surface area (Å²) in [5.41, 5.74) is 5.62. The van der Waals surface area contributed by atoms with Crippen molar-refractivity contribution >= 4 is 27.5 Å². The lowest BCUT2D eigenvalue weighted by Crippen LogP contribution is -2.50. The largest absolute Gasteiger partial charge is 0.328 e. The van der Waals surface area contributed by atoms with Crippen molar-refractivity contribution in [3.05, 3.63) is 0 Å². The van der Waals surface area contributed by atoms with Crippen LogP contribution in [0.25, 0.3) is 0 Å². The van der Waals surface area contributed by atoms with E-state index in [1.807, 2.05) is 6.92 Å². The summed E-state index contributed by atoms with van der Waals surface area (Å²) in [4.78, 5) is 13.6. The summed E-state index contributed by atoms with van der Waals surface area (Å²) in [6.45, 7) is 3.99. The number of hydrogen-bond acceptors (Lipinski definition) is 5. The second-order valence-electron chi connectivity index (χ2n) is 4.58. The molecule has 1 amide bonds. The SMILES string of the molecule is CCS(=O)(=O)C1CSCCN1C(=O)CCC(C)N. The standard InChI is InChI=1S/C11H22N2O3S2/c1-3-18(15,16)11-8-17-7-6-13(11)10(14)5-4-9(2)12/h9,11H,3-8,12H2,1-2H3. The van der Waals surface area contributed by atoms with Gasteiger partial charge in [-0.15, -0.1) is 0 Å². The predicted octanol–water partition coefficient (Wildman–Crippen LogP) is 0.450. The van der Waals surface area contributed by atoms with Crippen LogP contribution in [-0.2, 0) is 14.6 Å². The molecular formula is C11H22N2O3S2. The van der Waals surface area contributed by atoms with Crippen LogP contribution in [0.3, 0.4) is 0 Å². The number of carbonyl (C=O) groups is 1. The number of sulfone groups is 1. The van der Waals surface area contributed by atoms with Gasteiger partial charge in [-0.25, -0.2) is 8.42 Å². The molecule has 2 unspecified atom stereocenters. The first-order chi connectivity index (χ1) is 8.38. The first kappa shape index (κ1) is 15.8. The topological polar surface area (TPSA) is 80.5 Å². The van der Waals surface area contributed by atoms with Crippen molar-refractivity contribution in [3.8, 4) is 0 Å². The maximum absolute atomic E-state index is 12.1. The smallest absolute Gasteiger partial charge is 0.223 e. The fourth-order valence-electron chi connectivity index (χ4n) is 1.85. The predicted molar refractivity (Wildman–Crippen MR) is 75.2 cm³/mol. The third-order valence-corrected chi connectivity index (χ3v) is 6.32. The quantitative estimate of drug-likeness (QED) is 0.796. The summed E-state index contributed by atoms with van der Waals surface area (Å²) in [6, 6.07) is -0.0330. The third-order valence-electron chi connectivity index (χ3n) is 3.04. The second kappa shape index (κ2) is 6.77. The van der Waals surface area contributed by atoms with Crippen LogP contribution in [0, 0.1) is 0 Å². The van der Waals surface area contributed by atoms with Gasteiger partial charge in [0.15, 0.2) is 9.84 Å². The van der Waals surface area contributed by atoms with Gasteiger partial charge in [0.25, 0.3) is 0 Å². The minimum atomic E-state index is -3.20. The Labute approximate surface area is 113 Å². The molecule has 0 radical (unpaired) electrons. The molecule has 2 atom stereocenters. The van der Waals surface area contributed by atoms with E-state index in [0.717, 1.165) is 5.75 Å². The molecule has 0 bridgehead atoms. The van der Waals surface area contributed by atoms with E-state index in [4.69, 9.17) is 5.73 Å². The molecule has 0 spiro atoms. The Bertz CT molecular complexity index is 382. The van der Waals surface area contributed by atoms with Crippen LogP contribution >= 0.6 is 11.8 Å². The molecule has 1 saturated heterocycles. The molecule has 1 aliphatic rings. The lowest BCUT2D eigenvalue weighted by molar-refractivity contribution is -0.131. The highest BCUT2D eigenvalue weighted by Crippen LogP contribution is 2.22. The van der Waals surface area contributed by atoms with Crippen molar-refractivity contribution < 1.29 is 13.2 Å². The zero-order chi connectivity index (χ0) is 13.8. The fraction of sp³-hybridized carbons (Fsp3) is 0.909. The van der Waals surface area contributed by atoms with Gasteiger partial charge >= 0.3 is 0 Å². The summed E-state index contributed by atoms with van der Waals surface area (Å²) in [7, 11) is -3.20. The molecule has 1 heterocycles. The summed E-state index contributed by atoms with van der Waals surface area (Å²) in [5.74, 6) is 1.28. The van der Waals surface area contributed by atoms with Gasteiger partial charge in [-0.2, -0.15) is 11.8 Å². The lowest BCUT2D eigenvalue weighted by Gasteiger charge is -2.34. The highest BCUT2D eigenvalue weighted by Gasteiger charge is 2.35. The molecule has 0 aromatic heterocycles. The van der Waals surface area contributed by atoms with E-state index in [1.54, 1.807) is 18.7 Å². The molecule has 5 nitrogen and oxygen atoms in total. The summed E-state index contributed by atoms with van der Waals surface area (Å²) in [5, 5.41) is -0.651. The highest BCUT2D eigenvalue weighted by atomic mass is 32.2. The molecule has 0 aromatic rings. The van der Waals surface area contributed by atoms with E-state index in [9.17, 15) is 13.2 Å². The van der Waals surface area contributed by atoms with Gasteiger partial charge in [0.05, 0.1) is 0 Å². The number of amides is 1. The van der Waals surface area contributed by atoms with Gasteiger partial charge < -0.3 is 10.6 Å². The molecule has 2 N–H and O–H groups in total. The maximum atomic E-state index is 12.1. The summed E-state index contributed by atoms with van der Waals surface area (Å²) in [6.07, 6.45) is 0.930. The van der Waals surface area contributed by atoms with Gasteiger partial charge in [0.1, 0.15) is 5.37 Å². The van der Waals surface area contributed by atoms with E-state index in [1.165, 1.54) is 4.90 Å². The normalized spacial score (nSPS) is 22.8. The molecule has 106 valence electrons. The maximum Gasteiger partial charge on any atom is 0.223 e. The summed E-state index contributed by atoms with van der Waals surface area (Å²) < 4.78 is 24.0. The molecule has 18 heavy (non-hydrogen) atoms. The Morgan fingerprint density at radius 3 is 2.78 bits per heavy atom. The van der Waals surface area contributed by atoms with Gasteiger partial charge in [0, 0.05) is 36.3 Å². The number of hydrogen-bond donors (Lipinski definition) is 1. The zero-order valence-electron chi connectivity index (χ0n) is 11.0. The van der Waals surface area contributed by atoms with Crippen molar-refractivity contribution in [2.45, 2.75) is 38.1 Å². The van der Waals surface area contributed by atoms with E-state index in [2.05, 4.69) is 0 Å². The van der Waals surface area contributed by atoms with Gasteiger partial charge in [-0.3, -0.25) is 4.79 Å². The van der Waals surface area contributed by atoms with Crippen LogP contribution in [0.2, 0.25) is 0 Å². The minimum Gasteiger partial charge on any atom is -0.328 e. The third kappa shape index (κ3) is 4.13. The highest BCUT2D eigenvalue weighted by molar-refractivity contribution is 8.01. The van der Waals surface area contributed by atoms with Crippen LogP contribution in [-0.4, -0.2) is 54.4 Å². The van der Waals surface area contributed by atoms with Gasteiger partial charge in [0.2, 0.25) is 5.91 Å². The molecule has 1 rings (SSSR count). The van der Waals surface area contributed by atoms with Crippen LogP contribution in [0.4, 0.5) is 0 Å². The zero-order valence-corrected chi connectivity index (χ0v) is 12.6. The van der Waals surface area contributed by atoms with Crippen molar-refractivity contribution in [3.63, 3.8) is 0 Å². The summed E-state index contributed by atoms with van der Waals surface area (Å²) >= 11 is 1.59. The molecule has 0 saturated carbocycles. The van der Waals surface area contributed by atoms with E-state index >= 15 is 0 Å². The molecule has 7 heteroatoms. The monoisotopic (exact) mass is 294 g/mol. The minimum absolute atomic E-state index is 0.0330. The van der Waals surface area contributed by atoms with Gasteiger partial charge in [-0.1, -0.05) is 6.92 Å². The van der Waals surface area contributed by atoms with Crippen molar-refractivity contribution in [1.29, 1.82) is 0 Å². The van der Waals surface area contributed by atoms with Crippen molar-refractivity contribution in [2.75, 3.05) is 23.8 Å². The van der Waals surface area contributed by atoms with E-state index in [0.29, 0.717) is 25.1 Å². The Balaban J connectivity index is 2.73. The number of thioether (sulfide) groups is 1. The molecule has 1 fully saturated rings. The molecular weight excluding hydrogens is 272 g/mol. The van der Waals surface area contributed by atoms with Crippen molar-refractivity contribution in [1.82, 2.24) is 4.90 Å². The number of nitrogens with zero attached hydrogens (tertiary/aromatic N) is 1. The van der Waals surface area contributed by atoms with Crippen LogP contribution in [0.15, 0.2) is 0 Å². The first-order valence-electron chi connectivity index (χ1n) is 6.23. The number of nitrogens with two attached hydrogens (primary N) is 1. The van der Waals surface area contributed by atoms with Crippen LogP contribution < -0.4 is 5.73 Å². The number of rotatable bonds is 5. The molecule has 0 aliphatic carbocycles. The number of carbonyl (C=O) groups excluding carboxylic acids is 1. The Morgan fingerprint density at radius 1 is 1.56 bits per heavy atom. The first-order valence-corrected chi connectivity index (χ1v) is 9.10. The Kier molecular flexibility index (Phi) is 5.94. The molecule has 0 aromatic carbocycles. The fourth-order valence-corrected chi connectivity index (χ4v) is 4.84. The Hall–Kier alpha value is -0.270. The van der Waals surface area contributed by atoms with E-state index < -0.39 is 15.2 Å². The average molecular weight is 294 g/mol. The lowest BCUT2D eigenvalue weighted by atomic mass is 10.2. The Morgan fingerprint density at radius 2 is 2.22 bits per heavy atom. The van der Waals surface area contributed by atoms with Gasteiger partial charge in [-0.05, 0) is 13.3 Å². The second-order valence-corrected chi connectivity index (χ2v) is 8.18. The molecule has 1 aliphatic heterocycles. The van der Waals surface area contributed by atoms with Crippen LogP contribution in [0.5, 0.6) is 0 Å². The van der Waals surface area contributed by atoms with E-state index in [-0.39, 0.29) is 17.7 Å². The average Bonchev–Trinajstić information content (AvgIpc) is 2.36. The van der Waals surface area contributed by atoms with Crippen LogP contribution in [0.1, 0.15) is 26.7 Å².